The van der Waals surface area contributed by atoms with Crippen LogP contribution in [-0.2, 0) is 17.9 Å². The van der Waals surface area contributed by atoms with E-state index in [9.17, 15) is 4.79 Å². The molecule has 1 aliphatic rings. The minimum Gasteiger partial charge on any atom is -0.331 e. The lowest BCUT2D eigenvalue weighted by molar-refractivity contribution is -0.133. The van der Waals surface area contributed by atoms with Gasteiger partial charge in [0.25, 0.3) is 0 Å². The molecule has 24 heavy (non-hydrogen) atoms. The van der Waals surface area contributed by atoms with E-state index in [0.717, 1.165) is 37.4 Å². The molecule has 2 aromatic rings. The molecular formula is C16H21ClN6O. The molecule has 3 rings (SSSR count). The number of carbonyl (C=O) groups excluding carboxylic acids is 1. The van der Waals surface area contributed by atoms with Crippen molar-refractivity contribution in [1.82, 2.24) is 29.5 Å². The average Bonchev–Trinajstić information content (AvgIpc) is 3.16. The Bertz CT molecular complexity index is 716. The third-order valence-corrected chi connectivity index (χ3v) is 4.18. The lowest BCUT2D eigenvalue weighted by Crippen LogP contribution is -2.34. The molecule has 1 atom stereocenters. The quantitative estimate of drug-likeness (QED) is 0.823. The Morgan fingerprint density at radius 2 is 2.29 bits per heavy atom. The summed E-state index contributed by atoms with van der Waals surface area (Å²) < 4.78 is 1.56. The zero-order chi connectivity index (χ0) is 17.1. The van der Waals surface area contributed by atoms with E-state index in [1.54, 1.807) is 17.1 Å². The summed E-state index contributed by atoms with van der Waals surface area (Å²) >= 11 is 5.85. The van der Waals surface area contributed by atoms with Gasteiger partial charge in [0.2, 0.25) is 5.91 Å². The van der Waals surface area contributed by atoms with Gasteiger partial charge in [0.15, 0.2) is 5.82 Å². The smallest absolute Gasteiger partial charge is 0.244 e. The summed E-state index contributed by atoms with van der Waals surface area (Å²) in [6.45, 7) is 1.66. The second-order valence-electron chi connectivity index (χ2n) is 6.25. The van der Waals surface area contributed by atoms with Crippen molar-refractivity contribution in [2.24, 2.45) is 0 Å². The van der Waals surface area contributed by atoms with Crippen molar-refractivity contribution in [2.45, 2.75) is 32.0 Å². The fourth-order valence-corrected chi connectivity index (χ4v) is 3.13. The summed E-state index contributed by atoms with van der Waals surface area (Å²) in [7, 11) is 4.00. The Kier molecular flexibility index (Phi) is 5.11. The van der Waals surface area contributed by atoms with Crippen LogP contribution in [0.1, 0.15) is 30.4 Å². The molecule has 0 saturated carbocycles. The number of rotatable bonds is 5. The van der Waals surface area contributed by atoms with Gasteiger partial charge in [-0.25, -0.2) is 9.97 Å². The number of amides is 1. The van der Waals surface area contributed by atoms with Gasteiger partial charge in [0, 0.05) is 25.5 Å². The second kappa shape index (κ2) is 7.27. The highest BCUT2D eigenvalue weighted by Crippen LogP contribution is 2.30. The predicted molar refractivity (Wildman–Crippen MR) is 90.3 cm³/mol. The summed E-state index contributed by atoms with van der Waals surface area (Å²) in [5.74, 6) is 0.734. The molecule has 1 unspecified atom stereocenters. The van der Waals surface area contributed by atoms with E-state index in [1.807, 2.05) is 25.1 Å². The maximum Gasteiger partial charge on any atom is 0.244 e. The van der Waals surface area contributed by atoms with E-state index >= 15 is 0 Å². The van der Waals surface area contributed by atoms with Crippen LogP contribution in [-0.4, -0.2) is 56.1 Å². The van der Waals surface area contributed by atoms with Crippen LogP contribution in [0.4, 0.5) is 0 Å². The Balaban J connectivity index is 1.74. The van der Waals surface area contributed by atoms with Gasteiger partial charge in [-0.15, -0.1) is 0 Å². The number of likely N-dealkylation sites (tertiary alicyclic amines) is 1. The van der Waals surface area contributed by atoms with Crippen LogP contribution in [0.2, 0.25) is 5.02 Å². The molecule has 1 fully saturated rings. The molecule has 8 heteroatoms. The van der Waals surface area contributed by atoms with Gasteiger partial charge in [-0.3, -0.25) is 9.48 Å². The van der Waals surface area contributed by atoms with Gasteiger partial charge < -0.3 is 9.80 Å². The van der Waals surface area contributed by atoms with E-state index in [4.69, 9.17) is 11.6 Å². The lowest BCUT2D eigenvalue weighted by Gasteiger charge is -2.24. The molecule has 1 saturated heterocycles. The predicted octanol–water partition coefficient (Wildman–Crippen LogP) is 1.75. The molecule has 0 aliphatic carbocycles. The third-order valence-electron chi connectivity index (χ3n) is 3.98. The zero-order valence-electron chi connectivity index (χ0n) is 13.9. The van der Waals surface area contributed by atoms with Crippen molar-refractivity contribution >= 4 is 17.5 Å². The van der Waals surface area contributed by atoms with E-state index in [2.05, 4.69) is 20.0 Å². The average molecular weight is 349 g/mol. The number of nitrogens with zero attached hydrogens (tertiary/aromatic N) is 6. The van der Waals surface area contributed by atoms with Gasteiger partial charge in [0.05, 0.1) is 23.0 Å². The molecule has 2 aromatic heterocycles. The van der Waals surface area contributed by atoms with E-state index in [0.29, 0.717) is 5.02 Å². The molecule has 0 radical (unpaired) electrons. The third kappa shape index (κ3) is 3.91. The minimum absolute atomic E-state index is 0.0129. The van der Waals surface area contributed by atoms with E-state index in [-0.39, 0.29) is 18.5 Å². The van der Waals surface area contributed by atoms with Crippen molar-refractivity contribution < 1.29 is 4.79 Å². The molecule has 0 aromatic carbocycles. The summed E-state index contributed by atoms with van der Waals surface area (Å²) in [6.07, 6.45) is 6.80. The van der Waals surface area contributed by atoms with Crippen molar-refractivity contribution in [3.8, 4) is 0 Å². The monoisotopic (exact) mass is 348 g/mol. The normalized spacial score (nSPS) is 17.7. The van der Waals surface area contributed by atoms with Crippen molar-refractivity contribution in [3.63, 3.8) is 0 Å². The van der Waals surface area contributed by atoms with E-state index in [1.165, 1.54) is 6.20 Å². The first-order valence-electron chi connectivity index (χ1n) is 7.97. The fraction of sp³-hybridized carbons (Fsp3) is 0.500. The molecule has 1 aliphatic heterocycles. The van der Waals surface area contributed by atoms with Crippen molar-refractivity contribution in [3.05, 3.63) is 41.2 Å². The maximum atomic E-state index is 12.6. The van der Waals surface area contributed by atoms with Crippen LogP contribution in [0.15, 0.2) is 24.7 Å². The van der Waals surface area contributed by atoms with Crippen molar-refractivity contribution in [2.75, 3.05) is 20.6 Å². The molecular weight excluding hydrogens is 328 g/mol. The topological polar surface area (TPSA) is 67.2 Å². The Morgan fingerprint density at radius 1 is 1.46 bits per heavy atom. The van der Waals surface area contributed by atoms with Crippen LogP contribution in [0.5, 0.6) is 0 Å². The van der Waals surface area contributed by atoms with Gasteiger partial charge in [0.1, 0.15) is 6.54 Å². The first-order valence-corrected chi connectivity index (χ1v) is 8.34. The summed E-state index contributed by atoms with van der Waals surface area (Å²) in [6, 6.07) is 1.85. The summed E-state index contributed by atoms with van der Waals surface area (Å²) in [4.78, 5) is 25.6. The van der Waals surface area contributed by atoms with Crippen LogP contribution in [0.25, 0.3) is 0 Å². The molecule has 128 valence electrons. The summed E-state index contributed by atoms with van der Waals surface area (Å²) in [5.41, 5.74) is 0.961. The highest BCUT2D eigenvalue weighted by Gasteiger charge is 2.32. The molecule has 1 amide bonds. The van der Waals surface area contributed by atoms with Crippen LogP contribution in [0.3, 0.4) is 0 Å². The Labute approximate surface area is 146 Å². The SMILES string of the molecule is CN(C)Cc1ccnc(C2CCCN2C(=O)Cn2cc(Cl)cn2)n1. The molecule has 3 heterocycles. The second-order valence-corrected chi connectivity index (χ2v) is 6.68. The van der Waals surface area contributed by atoms with Gasteiger partial charge in [-0.2, -0.15) is 5.10 Å². The Hall–Kier alpha value is -1.99. The molecule has 0 spiro atoms. The number of carbonyl (C=O) groups is 1. The molecule has 0 bridgehead atoms. The Morgan fingerprint density at radius 3 is 3.00 bits per heavy atom. The number of aromatic nitrogens is 4. The van der Waals surface area contributed by atoms with Crippen LogP contribution in [0, 0.1) is 0 Å². The fourth-order valence-electron chi connectivity index (χ4n) is 2.97. The van der Waals surface area contributed by atoms with Crippen LogP contribution < -0.4 is 0 Å². The van der Waals surface area contributed by atoms with Gasteiger partial charge in [-0.1, -0.05) is 11.6 Å². The maximum absolute atomic E-state index is 12.6. The van der Waals surface area contributed by atoms with Gasteiger partial charge in [-0.05, 0) is 33.0 Å². The largest absolute Gasteiger partial charge is 0.331 e. The zero-order valence-corrected chi connectivity index (χ0v) is 14.6. The standard InChI is InChI=1S/C16H21ClN6O/c1-21(2)10-13-5-6-18-16(20-13)14-4-3-7-23(14)15(24)11-22-9-12(17)8-19-22/h5-6,8-9,14H,3-4,7,10-11H2,1-2H3. The first-order chi connectivity index (χ1) is 11.5. The number of hydrogen-bond acceptors (Lipinski definition) is 5. The highest BCUT2D eigenvalue weighted by atomic mass is 35.5. The lowest BCUT2D eigenvalue weighted by atomic mass is 10.2. The number of hydrogen-bond donors (Lipinski definition) is 0. The van der Waals surface area contributed by atoms with Gasteiger partial charge >= 0.3 is 0 Å². The first kappa shape index (κ1) is 16.9. The van der Waals surface area contributed by atoms with Crippen LogP contribution >= 0.6 is 11.6 Å². The molecule has 7 nitrogen and oxygen atoms in total. The minimum atomic E-state index is -0.0642. The van der Waals surface area contributed by atoms with Crippen molar-refractivity contribution in [1.29, 1.82) is 0 Å². The summed E-state index contributed by atoms with van der Waals surface area (Å²) in [5, 5.41) is 4.60. The van der Waals surface area contributed by atoms with E-state index < -0.39 is 0 Å². The highest BCUT2D eigenvalue weighted by molar-refractivity contribution is 6.30. The number of halogens is 1. The molecule has 0 N–H and O–H groups in total.